The Balaban J connectivity index is 2.01. The van der Waals surface area contributed by atoms with Crippen molar-refractivity contribution >= 4 is 23.1 Å². The minimum atomic E-state index is -0.908. The molecule has 0 aromatic heterocycles. The van der Waals surface area contributed by atoms with Gasteiger partial charge in [0, 0.05) is 5.56 Å². The Morgan fingerprint density at radius 2 is 1.62 bits per heavy atom. The summed E-state index contributed by atoms with van der Waals surface area (Å²) in [5.74, 6) is -1.34. The second-order valence-corrected chi connectivity index (χ2v) is 8.71. The molecule has 1 saturated heterocycles. The van der Waals surface area contributed by atoms with Gasteiger partial charge in [-0.25, -0.2) is 0 Å². The van der Waals surface area contributed by atoms with Crippen LogP contribution in [0.25, 0.3) is 5.76 Å². The number of hydrogen-bond acceptors (Lipinski definition) is 5. The molecule has 3 aromatic rings. The third-order valence-electron chi connectivity index (χ3n) is 6.19. The van der Waals surface area contributed by atoms with Gasteiger partial charge >= 0.3 is 0 Å². The van der Waals surface area contributed by atoms with Crippen molar-refractivity contribution in [1.29, 1.82) is 0 Å². The number of carbonyl (C=O) groups is 2. The van der Waals surface area contributed by atoms with Crippen molar-refractivity contribution in [1.82, 2.24) is 0 Å². The van der Waals surface area contributed by atoms with Crippen LogP contribution in [0.2, 0.25) is 0 Å². The van der Waals surface area contributed by atoms with Gasteiger partial charge < -0.3 is 14.9 Å². The highest BCUT2D eigenvalue weighted by Crippen LogP contribution is 2.45. The predicted molar refractivity (Wildman–Crippen MR) is 131 cm³/mol. The second kappa shape index (κ2) is 8.71. The Bertz CT molecular complexity index is 1350. The van der Waals surface area contributed by atoms with Crippen molar-refractivity contribution in [2.24, 2.45) is 0 Å². The zero-order valence-corrected chi connectivity index (χ0v) is 19.8. The molecule has 0 aliphatic carbocycles. The minimum Gasteiger partial charge on any atom is -0.507 e. The largest absolute Gasteiger partial charge is 0.507 e. The molecule has 1 amide bonds. The maximum absolute atomic E-state index is 13.4. The lowest BCUT2D eigenvalue weighted by molar-refractivity contribution is -0.132. The molecule has 6 heteroatoms. The van der Waals surface area contributed by atoms with Crippen LogP contribution in [0, 0.1) is 27.7 Å². The number of ether oxygens (including phenoxy) is 1. The summed E-state index contributed by atoms with van der Waals surface area (Å²) >= 11 is 0. The van der Waals surface area contributed by atoms with Gasteiger partial charge in [-0.2, -0.15) is 0 Å². The van der Waals surface area contributed by atoms with Crippen molar-refractivity contribution in [2.45, 2.75) is 33.7 Å². The molecule has 1 aliphatic heterocycles. The first-order chi connectivity index (χ1) is 16.1. The van der Waals surface area contributed by atoms with Gasteiger partial charge in [-0.15, -0.1) is 0 Å². The van der Waals surface area contributed by atoms with Gasteiger partial charge in [0.2, 0.25) is 0 Å². The molecule has 0 spiro atoms. The SMILES string of the molecule is COc1cc(C)c(/C(O)=C2\C(=O)C(=O)N(c3cc(C)ccc3O)C2c2cccc(C)c2)cc1C. The van der Waals surface area contributed by atoms with Crippen LogP contribution < -0.4 is 9.64 Å². The Labute approximate surface area is 198 Å². The van der Waals surface area contributed by atoms with Crippen LogP contribution in [-0.4, -0.2) is 29.0 Å². The fourth-order valence-electron chi connectivity index (χ4n) is 4.47. The van der Waals surface area contributed by atoms with E-state index in [1.165, 1.54) is 11.0 Å². The standard InChI is InChI=1S/C28H27NO5/c1-15-7-6-8-19(11-15)25-24(26(31)20-13-18(4)23(34-5)14-17(20)3)27(32)28(33)29(25)21-12-16(2)9-10-22(21)30/h6-14,25,30-31H,1-5H3/b26-24+. The average Bonchev–Trinajstić information content (AvgIpc) is 3.06. The highest BCUT2D eigenvalue weighted by atomic mass is 16.5. The Morgan fingerprint density at radius 1 is 0.912 bits per heavy atom. The van der Waals surface area contributed by atoms with Crippen molar-refractivity contribution < 1.29 is 24.5 Å². The second-order valence-electron chi connectivity index (χ2n) is 8.71. The number of phenolic OH excluding ortho intramolecular Hbond substituents is 1. The summed E-state index contributed by atoms with van der Waals surface area (Å²) in [6.45, 7) is 7.40. The first kappa shape index (κ1) is 23.1. The van der Waals surface area contributed by atoms with Gasteiger partial charge in [0.1, 0.15) is 17.3 Å². The van der Waals surface area contributed by atoms with E-state index in [1.54, 1.807) is 38.3 Å². The number of aliphatic hydroxyl groups is 1. The smallest absolute Gasteiger partial charge is 0.300 e. The molecule has 6 nitrogen and oxygen atoms in total. The Morgan fingerprint density at radius 3 is 2.29 bits per heavy atom. The fourth-order valence-corrected chi connectivity index (χ4v) is 4.47. The number of carbonyl (C=O) groups excluding carboxylic acids is 2. The van der Waals surface area contributed by atoms with E-state index in [-0.39, 0.29) is 22.8 Å². The number of anilines is 1. The number of rotatable bonds is 4. The lowest BCUT2D eigenvalue weighted by Crippen LogP contribution is -2.29. The summed E-state index contributed by atoms with van der Waals surface area (Å²) in [4.78, 5) is 28.0. The topological polar surface area (TPSA) is 87.1 Å². The van der Waals surface area contributed by atoms with Gasteiger partial charge in [-0.05, 0) is 74.2 Å². The number of aryl methyl sites for hydroxylation is 4. The number of aromatic hydroxyl groups is 1. The zero-order valence-electron chi connectivity index (χ0n) is 19.8. The van der Waals surface area contributed by atoms with Gasteiger partial charge in [-0.3, -0.25) is 14.5 Å². The number of aliphatic hydroxyl groups excluding tert-OH is 1. The molecule has 1 fully saturated rings. The molecule has 0 bridgehead atoms. The summed E-state index contributed by atoms with van der Waals surface area (Å²) in [7, 11) is 1.57. The van der Waals surface area contributed by atoms with Crippen molar-refractivity contribution in [3.8, 4) is 11.5 Å². The first-order valence-corrected chi connectivity index (χ1v) is 11.0. The highest BCUT2D eigenvalue weighted by Gasteiger charge is 2.47. The molecule has 3 aromatic carbocycles. The molecule has 0 radical (unpaired) electrons. The van der Waals surface area contributed by atoms with E-state index >= 15 is 0 Å². The van der Waals surface area contributed by atoms with E-state index in [9.17, 15) is 19.8 Å². The van der Waals surface area contributed by atoms with Gasteiger partial charge in [0.05, 0.1) is 24.4 Å². The molecule has 1 unspecified atom stereocenters. The van der Waals surface area contributed by atoms with E-state index in [0.717, 1.165) is 16.7 Å². The van der Waals surface area contributed by atoms with E-state index in [1.807, 2.05) is 45.0 Å². The third kappa shape index (κ3) is 3.81. The molecule has 174 valence electrons. The van der Waals surface area contributed by atoms with Crippen molar-refractivity contribution in [3.05, 3.63) is 93.6 Å². The number of benzene rings is 3. The van der Waals surface area contributed by atoms with Crippen molar-refractivity contribution in [3.63, 3.8) is 0 Å². The van der Waals surface area contributed by atoms with E-state index in [4.69, 9.17) is 4.74 Å². The normalized spacial score (nSPS) is 17.3. The molecule has 1 aliphatic rings. The summed E-state index contributed by atoms with van der Waals surface area (Å²) in [5.41, 5.74) is 4.54. The predicted octanol–water partition coefficient (Wildman–Crippen LogP) is 5.26. The van der Waals surface area contributed by atoms with Crippen LogP contribution in [0.5, 0.6) is 11.5 Å². The first-order valence-electron chi connectivity index (χ1n) is 11.0. The van der Waals surface area contributed by atoms with E-state index in [2.05, 4.69) is 0 Å². The van der Waals surface area contributed by atoms with E-state index < -0.39 is 17.7 Å². The summed E-state index contributed by atoms with van der Waals surface area (Å²) in [6.07, 6.45) is 0. The quantitative estimate of drug-likeness (QED) is 0.317. The van der Waals surface area contributed by atoms with Crippen LogP contribution in [0.15, 0.2) is 60.2 Å². The number of Topliss-reactive ketones (excluding diaryl/α,β-unsaturated/α-hetero) is 1. The average molecular weight is 458 g/mol. The van der Waals surface area contributed by atoms with Crippen LogP contribution in [0.1, 0.15) is 39.4 Å². The molecule has 4 rings (SSSR count). The molecule has 1 heterocycles. The number of phenols is 1. The third-order valence-corrected chi connectivity index (χ3v) is 6.19. The molecular formula is C28H27NO5. The lowest BCUT2D eigenvalue weighted by Gasteiger charge is -2.26. The van der Waals surface area contributed by atoms with Crippen molar-refractivity contribution in [2.75, 3.05) is 12.0 Å². The molecule has 34 heavy (non-hydrogen) atoms. The van der Waals surface area contributed by atoms with Crippen LogP contribution in [0.4, 0.5) is 5.69 Å². The highest BCUT2D eigenvalue weighted by molar-refractivity contribution is 6.52. The maximum atomic E-state index is 13.4. The monoisotopic (exact) mass is 457 g/mol. The van der Waals surface area contributed by atoms with Crippen LogP contribution in [-0.2, 0) is 9.59 Å². The van der Waals surface area contributed by atoms with Crippen LogP contribution >= 0.6 is 0 Å². The Kier molecular flexibility index (Phi) is 5.92. The minimum absolute atomic E-state index is 0.0239. The Hall–Kier alpha value is -4.06. The number of methoxy groups -OCH3 is 1. The number of amides is 1. The fraction of sp³-hybridized carbons (Fsp3) is 0.214. The number of ketones is 1. The van der Waals surface area contributed by atoms with Gasteiger partial charge in [0.25, 0.3) is 11.7 Å². The molecular weight excluding hydrogens is 430 g/mol. The van der Waals surface area contributed by atoms with Gasteiger partial charge in [0.15, 0.2) is 0 Å². The maximum Gasteiger partial charge on any atom is 0.300 e. The van der Waals surface area contributed by atoms with Gasteiger partial charge in [-0.1, -0.05) is 35.9 Å². The van der Waals surface area contributed by atoms with Crippen LogP contribution in [0.3, 0.4) is 0 Å². The molecule has 2 N–H and O–H groups in total. The molecule has 1 atom stereocenters. The number of hydrogen-bond donors (Lipinski definition) is 2. The summed E-state index contributed by atoms with van der Waals surface area (Å²) in [5, 5.41) is 22.0. The van der Waals surface area contributed by atoms with E-state index in [0.29, 0.717) is 22.4 Å². The zero-order chi connectivity index (χ0) is 24.7. The number of nitrogens with zero attached hydrogens (tertiary/aromatic N) is 1. The molecule has 0 saturated carbocycles. The summed E-state index contributed by atoms with van der Waals surface area (Å²) < 4.78 is 5.37. The lowest BCUT2D eigenvalue weighted by atomic mass is 9.92. The summed E-state index contributed by atoms with van der Waals surface area (Å²) in [6, 6.07) is 14.9.